The summed E-state index contributed by atoms with van der Waals surface area (Å²) in [5, 5.41) is 11.3. The number of aromatic carboxylic acids is 1. The van der Waals surface area contributed by atoms with E-state index in [-0.39, 0.29) is 23.7 Å². The van der Waals surface area contributed by atoms with Crippen molar-refractivity contribution < 1.29 is 23.1 Å². The molecule has 0 spiro atoms. The van der Waals surface area contributed by atoms with E-state index in [0.717, 1.165) is 16.6 Å². The molecular formula is C11H17N3O5S. The van der Waals surface area contributed by atoms with Crippen LogP contribution in [0.3, 0.4) is 0 Å². The number of nitrogens with zero attached hydrogens (tertiary/aromatic N) is 1. The van der Waals surface area contributed by atoms with Crippen LogP contribution in [0.5, 0.6) is 0 Å². The first-order chi connectivity index (χ1) is 9.32. The third-order valence-electron chi connectivity index (χ3n) is 2.57. The molecule has 8 nitrogen and oxygen atoms in total. The molecule has 0 aliphatic rings. The zero-order valence-electron chi connectivity index (χ0n) is 11.2. The van der Waals surface area contributed by atoms with Crippen LogP contribution < -0.4 is 5.32 Å². The van der Waals surface area contributed by atoms with E-state index in [1.807, 2.05) is 0 Å². The summed E-state index contributed by atoms with van der Waals surface area (Å²) in [6.45, 7) is 3.53. The maximum atomic E-state index is 12.3. The minimum absolute atomic E-state index is 0.104. The van der Waals surface area contributed by atoms with Crippen molar-refractivity contribution in [1.82, 2.24) is 14.6 Å². The van der Waals surface area contributed by atoms with Crippen LogP contribution >= 0.6 is 0 Å². The molecule has 9 heteroatoms. The number of rotatable bonds is 7. The van der Waals surface area contributed by atoms with Crippen LogP contribution in [0.25, 0.3) is 0 Å². The lowest BCUT2D eigenvalue weighted by Gasteiger charge is -2.18. The number of carboxylic acids is 1. The third kappa shape index (κ3) is 3.58. The van der Waals surface area contributed by atoms with Crippen molar-refractivity contribution in [3.05, 3.63) is 18.0 Å². The van der Waals surface area contributed by atoms with Gasteiger partial charge in [0.15, 0.2) is 0 Å². The zero-order chi connectivity index (χ0) is 15.3. The average Bonchev–Trinajstić information content (AvgIpc) is 2.86. The lowest BCUT2D eigenvalue weighted by Crippen LogP contribution is -2.40. The fourth-order valence-corrected chi connectivity index (χ4v) is 2.98. The predicted molar refractivity (Wildman–Crippen MR) is 70.9 cm³/mol. The summed E-state index contributed by atoms with van der Waals surface area (Å²) >= 11 is 0. The first kappa shape index (κ1) is 16.2. The minimum Gasteiger partial charge on any atom is -0.477 e. The van der Waals surface area contributed by atoms with Gasteiger partial charge in [-0.05, 0) is 13.0 Å². The lowest BCUT2D eigenvalue weighted by molar-refractivity contribution is -0.121. The highest BCUT2D eigenvalue weighted by molar-refractivity contribution is 7.89. The molecule has 1 aromatic rings. The van der Waals surface area contributed by atoms with Gasteiger partial charge in [-0.15, -0.1) is 0 Å². The topological polar surface area (TPSA) is 120 Å². The zero-order valence-corrected chi connectivity index (χ0v) is 12.0. The Kier molecular flexibility index (Phi) is 5.28. The Morgan fingerprint density at radius 1 is 1.40 bits per heavy atom. The number of hydrogen-bond donors (Lipinski definition) is 3. The number of carbonyl (C=O) groups excluding carboxylic acids is 1. The summed E-state index contributed by atoms with van der Waals surface area (Å²) in [7, 11) is -3.90. The highest BCUT2D eigenvalue weighted by Crippen LogP contribution is 2.16. The number of aromatic amines is 1. The van der Waals surface area contributed by atoms with Gasteiger partial charge in [0.25, 0.3) is 0 Å². The van der Waals surface area contributed by atoms with E-state index in [9.17, 15) is 18.0 Å². The van der Waals surface area contributed by atoms with E-state index in [2.05, 4.69) is 10.3 Å². The van der Waals surface area contributed by atoms with E-state index in [1.165, 1.54) is 0 Å². The number of likely N-dealkylation sites (N-methyl/N-ethyl adjacent to an activating group) is 2. The van der Waals surface area contributed by atoms with Crippen LogP contribution in [0.1, 0.15) is 24.3 Å². The molecule has 3 N–H and O–H groups in total. The molecule has 1 aromatic heterocycles. The minimum atomic E-state index is -3.90. The Labute approximate surface area is 116 Å². The fraction of sp³-hybridized carbons (Fsp3) is 0.455. The summed E-state index contributed by atoms with van der Waals surface area (Å²) in [4.78, 5) is 24.4. The molecule has 0 saturated carbocycles. The molecule has 112 valence electrons. The molecule has 0 radical (unpaired) electrons. The summed E-state index contributed by atoms with van der Waals surface area (Å²) in [5.41, 5.74) is -0.224. The SMILES string of the molecule is CCNC(=O)CN(CC)S(=O)(=O)c1c[nH]c(C(=O)O)c1. The lowest BCUT2D eigenvalue weighted by atomic mass is 10.4. The molecule has 1 rings (SSSR count). The van der Waals surface area contributed by atoms with Gasteiger partial charge in [-0.3, -0.25) is 4.79 Å². The summed E-state index contributed by atoms with van der Waals surface area (Å²) in [5.74, 6) is -1.66. The Morgan fingerprint density at radius 3 is 2.50 bits per heavy atom. The van der Waals surface area contributed by atoms with E-state index in [0.29, 0.717) is 6.54 Å². The van der Waals surface area contributed by atoms with Crippen LogP contribution in [0, 0.1) is 0 Å². The number of carboxylic acid groups (broad SMARTS) is 1. The van der Waals surface area contributed by atoms with Crippen molar-refractivity contribution in [1.29, 1.82) is 0 Å². The van der Waals surface area contributed by atoms with Gasteiger partial charge in [0.2, 0.25) is 15.9 Å². The highest BCUT2D eigenvalue weighted by Gasteiger charge is 2.26. The smallest absolute Gasteiger partial charge is 0.352 e. The number of amides is 1. The summed E-state index contributed by atoms with van der Waals surface area (Å²) < 4.78 is 25.5. The number of carbonyl (C=O) groups is 2. The molecule has 0 bridgehead atoms. The first-order valence-corrected chi connectivity index (χ1v) is 7.45. The Balaban J connectivity index is 2.99. The van der Waals surface area contributed by atoms with Crippen LogP contribution in [-0.4, -0.2) is 54.3 Å². The molecule has 1 heterocycles. The second-order valence-electron chi connectivity index (χ2n) is 3.94. The average molecular weight is 303 g/mol. The molecule has 0 aromatic carbocycles. The standard InChI is InChI=1S/C11H17N3O5S/c1-3-12-10(15)7-14(4-2)20(18,19)8-5-9(11(16)17)13-6-8/h5-6,13H,3-4,7H2,1-2H3,(H,12,15)(H,16,17). The van der Waals surface area contributed by atoms with Gasteiger partial charge in [-0.25, -0.2) is 13.2 Å². The predicted octanol–water partition coefficient (Wildman–Crippen LogP) is -0.140. The molecule has 0 saturated heterocycles. The van der Waals surface area contributed by atoms with Gasteiger partial charge in [-0.2, -0.15) is 4.31 Å². The molecule has 0 aliphatic carbocycles. The van der Waals surface area contributed by atoms with Gasteiger partial charge in [0.1, 0.15) is 10.6 Å². The van der Waals surface area contributed by atoms with Crippen molar-refractivity contribution in [2.45, 2.75) is 18.7 Å². The van der Waals surface area contributed by atoms with Crippen LogP contribution in [0.15, 0.2) is 17.2 Å². The van der Waals surface area contributed by atoms with E-state index < -0.39 is 21.9 Å². The van der Waals surface area contributed by atoms with Crippen molar-refractivity contribution in [3.8, 4) is 0 Å². The second kappa shape index (κ2) is 6.53. The Morgan fingerprint density at radius 2 is 2.05 bits per heavy atom. The fourth-order valence-electron chi connectivity index (χ4n) is 1.58. The van der Waals surface area contributed by atoms with E-state index >= 15 is 0 Å². The Bertz CT molecular complexity index is 593. The maximum absolute atomic E-state index is 12.3. The quantitative estimate of drug-likeness (QED) is 0.647. The summed E-state index contributed by atoms with van der Waals surface area (Å²) in [6, 6.07) is 1.03. The van der Waals surface area contributed by atoms with Crippen molar-refractivity contribution in [3.63, 3.8) is 0 Å². The van der Waals surface area contributed by atoms with E-state index in [4.69, 9.17) is 5.11 Å². The van der Waals surface area contributed by atoms with Crippen LogP contribution in [-0.2, 0) is 14.8 Å². The number of hydrogen-bond acceptors (Lipinski definition) is 4. The molecule has 0 fully saturated rings. The molecule has 20 heavy (non-hydrogen) atoms. The summed E-state index contributed by atoms with van der Waals surface area (Å²) in [6.07, 6.45) is 1.10. The third-order valence-corrected chi connectivity index (χ3v) is 4.47. The van der Waals surface area contributed by atoms with Gasteiger partial charge in [-0.1, -0.05) is 6.92 Å². The van der Waals surface area contributed by atoms with Crippen LogP contribution in [0.4, 0.5) is 0 Å². The van der Waals surface area contributed by atoms with Gasteiger partial charge < -0.3 is 15.4 Å². The van der Waals surface area contributed by atoms with Crippen LogP contribution in [0.2, 0.25) is 0 Å². The van der Waals surface area contributed by atoms with Gasteiger partial charge in [0, 0.05) is 19.3 Å². The molecule has 1 amide bonds. The normalized spacial score (nSPS) is 11.6. The number of nitrogens with one attached hydrogen (secondary N) is 2. The number of aromatic nitrogens is 1. The first-order valence-electron chi connectivity index (χ1n) is 6.01. The van der Waals surface area contributed by atoms with Gasteiger partial charge in [0.05, 0.1) is 6.54 Å². The second-order valence-corrected chi connectivity index (χ2v) is 5.88. The Hall–Kier alpha value is -1.87. The maximum Gasteiger partial charge on any atom is 0.352 e. The highest BCUT2D eigenvalue weighted by atomic mass is 32.2. The van der Waals surface area contributed by atoms with E-state index in [1.54, 1.807) is 13.8 Å². The largest absolute Gasteiger partial charge is 0.477 e. The molecular weight excluding hydrogens is 286 g/mol. The van der Waals surface area contributed by atoms with Crippen molar-refractivity contribution in [2.75, 3.05) is 19.6 Å². The van der Waals surface area contributed by atoms with Crippen molar-refractivity contribution in [2.24, 2.45) is 0 Å². The molecule has 0 aliphatic heterocycles. The van der Waals surface area contributed by atoms with Gasteiger partial charge >= 0.3 is 5.97 Å². The number of sulfonamides is 1. The van der Waals surface area contributed by atoms with Crippen molar-refractivity contribution >= 4 is 21.9 Å². The number of H-pyrrole nitrogens is 1. The monoisotopic (exact) mass is 303 g/mol. The molecule has 0 atom stereocenters. The molecule has 0 unspecified atom stereocenters.